The number of nitrogens with zero attached hydrogens (tertiary/aromatic N) is 1. The fourth-order valence-electron chi connectivity index (χ4n) is 1.20. The Kier molecular flexibility index (Phi) is 4.19. The lowest BCUT2D eigenvalue weighted by molar-refractivity contribution is 0.612. The monoisotopic (exact) mass is 176 g/mol. The Bertz CT molecular complexity index is 244. The number of hydrogen-bond donors (Lipinski definition) is 1. The molecule has 0 aliphatic rings. The van der Waals surface area contributed by atoms with Gasteiger partial charge in [-0.05, 0) is 24.6 Å². The minimum absolute atomic E-state index is 0.230. The zero-order chi connectivity index (χ0) is 9.52. The fraction of sp³-hybridized carbons (Fsp3) is 0.364. The van der Waals surface area contributed by atoms with Crippen LogP contribution in [0.4, 0.5) is 0 Å². The van der Waals surface area contributed by atoms with Crippen molar-refractivity contribution >= 4 is 0 Å². The first-order chi connectivity index (χ1) is 6.38. The first-order valence-corrected chi connectivity index (χ1v) is 4.64. The average Bonchev–Trinajstić information content (AvgIpc) is 2.21. The Labute approximate surface area is 79.7 Å². The van der Waals surface area contributed by atoms with E-state index < -0.39 is 0 Å². The van der Waals surface area contributed by atoms with Gasteiger partial charge in [0.05, 0.1) is 6.04 Å². The number of pyridine rings is 1. The molecule has 0 amide bonds. The third kappa shape index (κ3) is 2.99. The molecular weight excluding hydrogens is 160 g/mol. The highest BCUT2D eigenvalue weighted by Crippen LogP contribution is 2.11. The smallest absolute Gasteiger partial charge is 0.0518 e. The Balaban J connectivity index is 2.61. The molecule has 1 N–H and O–H groups in total. The van der Waals surface area contributed by atoms with Crippen molar-refractivity contribution in [2.75, 3.05) is 6.54 Å². The van der Waals surface area contributed by atoms with E-state index in [1.54, 1.807) is 6.20 Å². The summed E-state index contributed by atoms with van der Waals surface area (Å²) in [4.78, 5) is 4.07. The molecule has 13 heavy (non-hydrogen) atoms. The molecule has 1 aromatic rings. The van der Waals surface area contributed by atoms with Crippen LogP contribution in [0, 0.1) is 0 Å². The highest BCUT2D eigenvalue weighted by atomic mass is 14.9. The van der Waals surface area contributed by atoms with Gasteiger partial charge in [-0.1, -0.05) is 19.1 Å². The van der Waals surface area contributed by atoms with E-state index in [2.05, 4.69) is 29.9 Å². The second kappa shape index (κ2) is 5.49. The zero-order valence-electron chi connectivity index (χ0n) is 8.03. The van der Waals surface area contributed by atoms with E-state index in [1.165, 1.54) is 5.56 Å². The molecule has 2 heteroatoms. The lowest BCUT2D eigenvalue weighted by Crippen LogP contribution is -2.20. The molecule has 70 valence electrons. The van der Waals surface area contributed by atoms with Gasteiger partial charge in [0.15, 0.2) is 0 Å². The first kappa shape index (κ1) is 9.93. The van der Waals surface area contributed by atoms with E-state index >= 15 is 0 Å². The Hall–Kier alpha value is -1.15. The van der Waals surface area contributed by atoms with Gasteiger partial charge < -0.3 is 5.32 Å². The molecule has 0 radical (unpaired) electrons. The van der Waals surface area contributed by atoms with Gasteiger partial charge in [0.1, 0.15) is 0 Å². The van der Waals surface area contributed by atoms with E-state index in [1.807, 2.05) is 18.3 Å². The van der Waals surface area contributed by atoms with E-state index in [4.69, 9.17) is 0 Å². The number of aromatic nitrogens is 1. The van der Waals surface area contributed by atoms with E-state index in [9.17, 15) is 0 Å². The van der Waals surface area contributed by atoms with Crippen molar-refractivity contribution in [2.24, 2.45) is 0 Å². The van der Waals surface area contributed by atoms with Crippen LogP contribution in [0.25, 0.3) is 0 Å². The van der Waals surface area contributed by atoms with Crippen LogP contribution >= 0.6 is 0 Å². The molecule has 0 aliphatic carbocycles. The predicted molar refractivity (Wildman–Crippen MR) is 55.5 cm³/mol. The largest absolute Gasteiger partial charge is 0.307 e. The van der Waals surface area contributed by atoms with Crippen molar-refractivity contribution in [1.82, 2.24) is 10.3 Å². The lowest BCUT2D eigenvalue weighted by atomic mass is 10.1. The Morgan fingerprint density at radius 3 is 3.08 bits per heavy atom. The molecule has 1 heterocycles. The van der Waals surface area contributed by atoms with Crippen molar-refractivity contribution in [3.05, 3.63) is 42.7 Å². The average molecular weight is 176 g/mol. The first-order valence-electron chi connectivity index (χ1n) is 4.64. The molecule has 0 aliphatic heterocycles. The van der Waals surface area contributed by atoms with E-state index in [0.29, 0.717) is 0 Å². The molecule has 1 atom stereocenters. The summed E-state index contributed by atoms with van der Waals surface area (Å²) in [5, 5.41) is 3.38. The molecule has 0 spiro atoms. The predicted octanol–water partition coefficient (Wildman–Crippen LogP) is 2.31. The van der Waals surface area contributed by atoms with Gasteiger partial charge in [-0.2, -0.15) is 0 Å². The van der Waals surface area contributed by atoms with Crippen LogP contribution in [-0.2, 0) is 0 Å². The van der Waals surface area contributed by atoms with Crippen LogP contribution in [0.3, 0.4) is 0 Å². The molecule has 0 saturated heterocycles. The second-order valence-electron chi connectivity index (χ2n) is 2.95. The molecule has 1 unspecified atom stereocenters. The van der Waals surface area contributed by atoms with Crippen LogP contribution in [0.15, 0.2) is 37.2 Å². The second-order valence-corrected chi connectivity index (χ2v) is 2.95. The van der Waals surface area contributed by atoms with Gasteiger partial charge in [0, 0.05) is 12.4 Å². The number of rotatable bonds is 5. The van der Waals surface area contributed by atoms with Crippen molar-refractivity contribution in [1.29, 1.82) is 0 Å². The van der Waals surface area contributed by atoms with Crippen LogP contribution in [0.1, 0.15) is 24.9 Å². The minimum atomic E-state index is 0.230. The van der Waals surface area contributed by atoms with Gasteiger partial charge in [0.25, 0.3) is 0 Å². The third-order valence-corrected chi connectivity index (χ3v) is 1.89. The van der Waals surface area contributed by atoms with Gasteiger partial charge in [0.2, 0.25) is 0 Å². The number of nitrogens with one attached hydrogen (secondary N) is 1. The summed E-state index contributed by atoms with van der Waals surface area (Å²) in [6, 6.07) is 4.23. The fourth-order valence-corrected chi connectivity index (χ4v) is 1.20. The normalized spacial score (nSPS) is 12.4. The van der Waals surface area contributed by atoms with Crippen LogP contribution in [-0.4, -0.2) is 11.5 Å². The van der Waals surface area contributed by atoms with E-state index in [-0.39, 0.29) is 6.04 Å². The lowest BCUT2D eigenvalue weighted by Gasteiger charge is -2.13. The molecule has 1 rings (SSSR count). The molecular formula is C11H16N2. The molecule has 0 bridgehead atoms. The maximum Gasteiger partial charge on any atom is 0.0518 e. The van der Waals surface area contributed by atoms with Gasteiger partial charge in [-0.3, -0.25) is 4.98 Å². The number of hydrogen-bond acceptors (Lipinski definition) is 2. The van der Waals surface area contributed by atoms with Crippen LogP contribution in [0.5, 0.6) is 0 Å². The third-order valence-electron chi connectivity index (χ3n) is 1.89. The minimum Gasteiger partial charge on any atom is -0.307 e. The molecule has 1 aromatic heterocycles. The van der Waals surface area contributed by atoms with Crippen LogP contribution < -0.4 is 5.32 Å². The van der Waals surface area contributed by atoms with Gasteiger partial charge in [-0.25, -0.2) is 0 Å². The van der Waals surface area contributed by atoms with Gasteiger partial charge >= 0.3 is 0 Å². The molecule has 2 nitrogen and oxygen atoms in total. The van der Waals surface area contributed by atoms with Crippen molar-refractivity contribution in [3.8, 4) is 0 Å². The van der Waals surface area contributed by atoms with Crippen molar-refractivity contribution in [3.63, 3.8) is 0 Å². The summed E-state index contributed by atoms with van der Waals surface area (Å²) in [6.45, 7) is 6.95. The maximum atomic E-state index is 4.07. The summed E-state index contributed by atoms with van der Waals surface area (Å²) in [5.74, 6) is 0. The van der Waals surface area contributed by atoms with Crippen LogP contribution in [0.2, 0.25) is 0 Å². The topological polar surface area (TPSA) is 24.9 Å². The molecule has 0 fully saturated rings. The summed E-state index contributed by atoms with van der Waals surface area (Å²) >= 11 is 0. The summed E-state index contributed by atoms with van der Waals surface area (Å²) in [5.41, 5.74) is 1.17. The quantitative estimate of drug-likeness (QED) is 0.696. The highest BCUT2D eigenvalue weighted by Gasteiger charge is 2.04. The summed E-state index contributed by atoms with van der Waals surface area (Å²) in [6.07, 6.45) is 6.69. The van der Waals surface area contributed by atoms with Crippen molar-refractivity contribution < 1.29 is 0 Å². The SMILES string of the molecule is C=CC(NCCC)c1cccnc1. The molecule has 0 aromatic carbocycles. The Morgan fingerprint density at radius 2 is 2.54 bits per heavy atom. The highest BCUT2D eigenvalue weighted by molar-refractivity contribution is 5.18. The summed E-state index contributed by atoms with van der Waals surface area (Å²) < 4.78 is 0. The molecule has 0 saturated carbocycles. The summed E-state index contributed by atoms with van der Waals surface area (Å²) in [7, 11) is 0. The van der Waals surface area contributed by atoms with Crippen molar-refractivity contribution in [2.45, 2.75) is 19.4 Å². The van der Waals surface area contributed by atoms with E-state index in [0.717, 1.165) is 13.0 Å². The Morgan fingerprint density at radius 1 is 1.69 bits per heavy atom. The van der Waals surface area contributed by atoms with Gasteiger partial charge in [-0.15, -0.1) is 6.58 Å². The zero-order valence-corrected chi connectivity index (χ0v) is 8.03. The maximum absolute atomic E-state index is 4.07. The standard InChI is InChI=1S/C11H16N2/c1-3-7-13-11(4-2)10-6-5-8-12-9-10/h4-6,8-9,11,13H,2-3,7H2,1H3.